The Labute approximate surface area is 416 Å². The summed E-state index contributed by atoms with van der Waals surface area (Å²) in [6.07, 6.45) is 67.4. The van der Waals surface area contributed by atoms with E-state index in [1.54, 1.807) is 0 Å². The average Bonchev–Trinajstić information content (AvgIpc) is 3.33. The quantitative estimate of drug-likeness (QED) is 0.0262. The number of rotatable bonds is 54. The van der Waals surface area contributed by atoms with Crippen LogP contribution in [-0.2, 0) is 28.6 Å². The van der Waals surface area contributed by atoms with Crippen molar-refractivity contribution in [3.8, 4) is 0 Å². The fraction of sp³-hybridized carbons (Fsp3) is 0.852. The number of carbonyl (C=O) groups is 3. The molecule has 0 aromatic carbocycles. The van der Waals surface area contributed by atoms with Crippen LogP contribution in [0, 0.1) is 0 Å². The number of hydrogen-bond donors (Lipinski definition) is 0. The molecule has 0 aliphatic carbocycles. The van der Waals surface area contributed by atoms with Crippen molar-refractivity contribution in [2.45, 2.75) is 322 Å². The van der Waals surface area contributed by atoms with Crippen LogP contribution in [0.4, 0.5) is 0 Å². The van der Waals surface area contributed by atoms with Gasteiger partial charge < -0.3 is 14.2 Å². The van der Waals surface area contributed by atoms with E-state index < -0.39 is 6.10 Å². The highest BCUT2D eigenvalue weighted by atomic mass is 16.6. The molecule has 0 N–H and O–H groups in total. The predicted molar refractivity (Wildman–Crippen MR) is 289 cm³/mol. The first-order chi connectivity index (χ1) is 33.0. The molecule has 0 fully saturated rings. The zero-order chi connectivity index (χ0) is 48.6. The lowest BCUT2D eigenvalue weighted by Gasteiger charge is -2.18. The molecule has 0 heterocycles. The van der Waals surface area contributed by atoms with E-state index >= 15 is 0 Å². The van der Waals surface area contributed by atoms with Crippen molar-refractivity contribution in [3.05, 3.63) is 36.5 Å². The summed E-state index contributed by atoms with van der Waals surface area (Å²) in [5.41, 5.74) is 0. The van der Waals surface area contributed by atoms with Gasteiger partial charge >= 0.3 is 17.9 Å². The van der Waals surface area contributed by atoms with Gasteiger partial charge in [-0.2, -0.15) is 0 Å². The van der Waals surface area contributed by atoms with E-state index in [0.717, 1.165) is 64.2 Å². The third kappa shape index (κ3) is 54.4. The zero-order valence-corrected chi connectivity index (χ0v) is 44.9. The van der Waals surface area contributed by atoms with Crippen molar-refractivity contribution < 1.29 is 28.6 Å². The van der Waals surface area contributed by atoms with Crippen LogP contribution >= 0.6 is 0 Å². The van der Waals surface area contributed by atoms with Crippen LogP contribution in [-0.4, -0.2) is 37.2 Å². The highest BCUT2D eigenvalue weighted by Crippen LogP contribution is 2.16. The standard InChI is InChI=1S/C61H112O6/c1-4-7-10-13-16-18-20-22-24-26-28-29-30-31-32-33-34-36-37-39-41-43-45-48-51-54-60(63)66-57-58(56-65-59(62)53-50-47-15-12-9-6-3)67-61(64)55-52-49-46-44-42-40-38-35-27-25-23-21-19-17-14-11-8-5-2/h20,22,25-28,58H,4-19,21,23-24,29-57H2,1-3H3/b22-20-,27-25-,28-26-. The fourth-order valence-corrected chi connectivity index (χ4v) is 8.65. The van der Waals surface area contributed by atoms with E-state index in [1.165, 1.54) is 212 Å². The predicted octanol–water partition coefficient (Wildman–Crippen LogP) is 19.7. The summed E-state index contributed by atoms with van der Waals surface area (Å²) in [5, 5.41) is 0. The van der Waals surface area contributed by atoms with Gasteiger partial charge in [0.15, 0.2) is 6.10 Å². The maximum atomic E-state index is 12.8. The van der Waals surface area contributed by atoms with E-state index in [0.29, 0.717) is 19.3 Å². The van der Waals surface area contributed by atoms with Gasteiger partial charge in [-0.1, -0.05) is 256 Å². The molecule has 0 rings (SSSR count). The second-order valence-corrected chi connectivity index (χ2v) is 19.9. The van der Waals surface area contributed by atoms with Crippen LogP contribution in [0.5, 0.6) is 0 Å². The Bertz CT molecular complexity index is 1130. The lowest BCUT2D eigenvalue weighted by molar-refractivity contribution is -0.167. The maximum Gasteiger partial charge on any atom is 0.306 e. The van der Waals surface area contributed by atoms with Gasteiger partial charge in [-0.05, 0) is 77.0 Å². The lowest BCUT2D eigenvalue weighted by atomic mass is 10.0. The molecule has 1 unspecified atom stereocenters. The van der Waals surface area contributed by atoms with Crippen LogP contribution in [0.15, 0.2) is 36.5 Å². The van der Waals surface area contributed by atoms with Crippen LogP contribution < -0.4 is 0 Å². The van der Waals surface area contributed by atoms with Gasteiger partial charge in [0.1, 0.15) is 13.2 Å². The molecule has 0 aromatic heterocycles. The monoisotopic (exact) mass is 941 g/mol. The molecule has 0 saturated heterocycles. The molecule has 0 radical (unpaired) electrons. The Balaban J connectivity index is 4.09. The van der Waals surface area contributed by atoms with Crippen molar-refractivity contribution in [2.24, 2.45) is 0 Å². The summed E-state index contributed by atoms with van der Waals surface area (Å²) in [6, 6.07) is 0. The number of carbonyl (C=O) groups excluding carboxylic acids is 3. The zero-order valence-electron chi connectivity index (χ0n) is 44.9. The third-order valence-electron chi connectivity index (χ3n) is 13.1. The Morgan fingerprint density at radius 3 is 0.836 bits per heavy atom. The largest absolute Gasteiger partial charge is 0.462 e. The first-order valence-corrected chi connectivity index (χ1v) is 29.5. The number of allylic oxidation sites excluding steroid dienone is 6. The highest BCUT2D eigenvalue weighted by Gasteiger charge is 2.19. The maximum absolute atomic E-state index is 12.8. The summed E-state index contributed by atoms with van der Waals surface area (Å²) < 4.78 is 16.8. The smallest absolute Gasteiger partial charge is 0.306 e. The fourth-order valence-electron chi connectivity index (χ4n) is 8.65. The van der Waals surface area contributed by atoms with Crippen LogP contribution in [0.25, 0.3) is 0 Å². The number of hydrogen-bond acceptors (Lipinski definition) is 6. The Morgan fingerprint density at radius 1 is 0.299 bits per heavy atom. The van der Waals surface area contributed by atoms with E-state index in [1.807, 2.05) is 0 Å². The summed E-state index contributed by atoms with van der Waals surface area (Å²) in [7, 11) is 0. The van der Waals surface area contributed by atoms with Gasteiger partial charge in [0.25, 0.3) is 0 Å². The van der Waals surface area contributed by atoms with E-state index in [4.69, 9.17) is 14.2 Å². The van der Waals surface area contributed by atoms with Crippen LogP contribution in [0.3, 0.4) is 0 Å². The summed E-state index contributed by atoms with van der Waals surface area (Å²) in [6.45, 7) is 6.60. The first kappa shape index (κ1) is 64.6. The van der Waals surface area contributed by atoms with Gasteiger partial charge in [0, 0.05) is 19.3 Å². The van der Waals surface area contributed by atoms with Crippen molar-refractivity contribution in [2.75, 3.05) is 13.2 Å². The molecule has 0 aliphatic heterocycles. The summed E-state index contributed by atoms with van der Waals surface area (Å²) in [4.78, 5) is 37.9. The summed E-state index contributed by atoms with van der Waals surface area (Å²) in [5.74, 6) is -0.871. The van der Waals surface area contributed by atoms with Crippen molar-refractivity contribution >= 4 is 17.9 Å². The van der Waals surface area contributed by atoms with Gasteiger partial charge in [-0.25, -0.2) is 0 Å². The molecule has 0 amide bonds. The minimum Gasteiger partial charge on any atom is -0.462 e. The average molecular weight is 942 g/mol. The molecular weight excluding hydrogens is 829 g/mol. The van der Waals surface area contributed by atoms with Gasteiger partial charge in [-0.15, -0.1) is 0 Å². The molecule has 6 heteroatoms. The highest BCUT2D eigenvalue weighted by molar-refractivity contribution is 5.71. The molecule has 0 spiro atoms. The molecular formula is C61H112O6. The SMILES string of the molecule is CCCCCCC/C=C\C/C=C\CCCCCCCCCCCCCCCC(=O)OCC(COC(=O)CCCCCCCC)OC(=O)CCCCCCCCC/C=C\CCCCCCCCC. The molecule has 6 nitrogen and oxygen atoms in total. The normalized spacial score (nSPS) is 12.2. The van der Waals surface area contributed by atoms with Crippen molar-refractivity contribution in [3.63, 3.8) is 0 Å². The topological polar surface area (TPSA) is 78.9 Å². The molecule has 0 aromatic rings. The molecule has 0 bridgehead atoms. The van der Waals surface area contributed by atoms with Gasteiger partial charge in [0.2, 0.25) is 0 Å². The molecule has 392 valence electrons. The van der Waals surface area contributed by atoms with Gasteiger partial charge in [-0.3, -0.25) is 14.4 Å². The molecule has 67 heavy (non-hydrogen) atoms. The second-order valence-electron chi connectivity index (χ2n) is 19.9. The molecule has 0 aliphatic rings. The van der Waals surface area contributed by atoms with E-state index in [9.17, 15) is 14.4 Å². The number of esters is 3. The van der Waals surface area contributed by atoms with E-state index in [-0.39, 0.29) is 31.1 Å². The third-order valence-corrected chi connectivity index (χ3v) is 13.1. The number of ether oxygens (including phenoxy) is 3. The van der Waals surface area contributed by atoms with Crippen molar-refractivity contribution in [1.82, 2.24) is 0 Å². The minimum atomic E-state index is -0.769. The Kier molecular flexibility index (Phi) is 54.2. The van der Waals surface area contributed by atoms with Gasteiger partial charge in [0.05, 0.1) is 0 Å². The molecule has 1 atom stereocenters. The van der Waals surface area contributed by atoms with Crippen LogP contribution in [0.1, 0.15) is 316 Å². The molecule has 0 saturated carbocycles. The van der Waals surface area contributed by atoms with Crippen molar-refractivity contribution in [1.29, 1.82) is 0 Å². The second kappa shape index (κ2) is 56.2. The number of unbranched alkanes of at least 4 members (excludes halogenated alkanes) is 37. The Morgan fingerprint density at radius 2 is 0.537 bits per heavy atom. The first-order valence-electron chi connectivity index (χ1n) is 29.5. The minimum absolute atomic E-state index is 0.0715. The Hall–Kier alpha value is -2.37. The summed E-state index contributed by atoms with van der Waals surface area (Å²) >= 11 is 0. The lowest BCUT2D eigenvalue weighted by Crippen LogP contribution is -2.30. The van der Waals surface area contributed by atoms with Crippen LogP contribution in [0.2, 0.25) is 0 Å². The van der Waals surface area contributed by atoms with E-state index in [2.05, 4.69) is 57.2 Å².